The molecular formula is C13H20N2O. The molecule has 0 amide bonds. The molecule has 0 aliphatic rings. The minimum absolute atomic E-state index is 0.293. The molecule has 0 fully saturated rings. The molecule has 0 spiro atoms. The maximum Gasteiger partial charge on any atom is 0.126 e. The van der Waals surface area contributed by atoms with E-state index in [-0.39, 0.29) is 5.41 Å². The largest absolute Gasteiger partial charge is 0.303 e. The number of pyridine rings is 1. The molecule has 3 heteroatoms. The van der Waals surface area contributed by atoms with Gasteiger partial charge in [-0.25, -0.2) is 0 Å². The molecule has 1 aromatic heterocycles. The number of hydrogen-bond donors (Lipinski definition) is 0. The van der Waals surface area contributed by atoms with Crippen LogP contribution in [0.3, 0.4) is 0 Å². The van der Waals surface area contributed by atoms with Crippen LogP contribution in [0.25, 0.3) is 0 Å². The first kappa shape index (κ1) is 12.8. The summed E-state index contributed by atoms with van der Waals surface area (Å²) in [6.07, 6.45) is 1.01. The average molecular weight is 220 g/mol. The Morgan fingerprint density at radius 2 is 2.12 bits per heavy atom. The van der Waals surface area contributed by atoms with Crippen molar-refractivity contribution in [3.05, 3.63) is 29.6 Å². The van der Waals surface area contributed by atoms with Crippen molar-refractivity contribution in [2.75, 3.05) is 13.6 Å². The number of carbonyl (C=O) groups is 1. The van der Waals surface area contributed by atoms with Gasteiger partial charge in [-0.05, 0) is 26.1 Å². The molecule has 0 aromatic carbocycles. The number of hydrogen-bond acceptors (Lipinski definition) is 3. The molecule has 0 saturated heterocycles. The third kappa shape index (κ3) is 4.11. The Kier molecular flexibility index (Phi) is 4.19. The molecule has 16 heavy (non-hydrogen) atoms. The molecule has 0 unspecified atom stereocenters. The second-order valence-corrected chi connectivity index (χ2v) is 5.05. The van der Waals surface area contributed by atoms with Crippen molar-refractivity contribution in [3.8, 4) is 0 Å². The highest BCUT2D eigenvalue weighted by Crippen LogP contribution is 2.13. The summed E-state index contributed by atoms with van der Waals surface area (Å²) < 4.78 is 0. The van der Waals surface area contributed by atoms with Gasteiger partial charge in [-0.1, -0.05) is 19.9 Å². The quantitative estimate of drug-likeness (QED) is 0.712. The van der Waals surface area contributed by atoms with E-state index in [1.54, 1.807) is 0 Å². The molecule has 0 atom stereocenters. The maximum absolute atomic E-state index is 10.8. The molecular weight excluding hydrogens is 200 g/mol. The van der Waals surface area contributed by atoms with Crippen LogP contribution in [0.5, 0.6) is 0 Å². The number of aromatic nitrogens is 1. The minimum atomic E-state index is -0.293. The van der Waals surface area contributed by atoms with Crippen molar-refractivity contribution in [1.82, 2.24) is 9.88 Å². The summed E-state index contributed by atoms with van der Waals surface area (Å²) in [6, 6.07) is 6.01. The van der Waals surface area contributed by atoms with Crippen molar-refractivity contribution in [2.45, 2.75) is 27.3 Å². The average Bonchev–Trinajstić information content (AvgIpc) is 2.16. The Morgan fingerprint density at radius 3 is 2.69 bits per heavy atom. The Hall–Kier alpha value is -1.22. The van der Waals surface area contributed by atoms with Gasteiger partial charge in [0, 0.05) is 24.2 Å². The lowest BCUT2D eigenvalue weighted by atomic mass is 9.95. The number of nitrogens with zero attached hydrogens (tertiary/aromatic N) is 2. The lowest BCUT2D eigenvalue weighted by molar-refractivity contribution is -0.115. The fourth-order valence-corrected chi connectivity index (χ4v) is 1.75. The van der Waals surface area contributed by atoms with Gasteiger partial charge in [0.2, 0.25) is 0 Å². The van der Waals surface area contributed by atoms with Crippen molar-refractivity contribution in [3.63, 3.8) is 0 Å². The Bertz CT molecular complexity index is 361. The summed E-state index contributed by atoms with van der Waals surface area (Å²) in [4.78, 5) is 17.4. The highest BCUT2D eigenvalue weighted by Gasteiger charge is 2.19. The predicted molar refractivity (Wildman–Crippen MR) is 65.2 cm³/mol. The van der Waals surface area contributed by atoms with Crippen LogP contribution in [0.15, 0.2) is 18.2 Å². The number of aldehydes is 1. The standard InChI is InChI=1S/C13H20N2O/c1-11-6-5-7-12(14-11)8-15(4)9-13(2,3)10-16/h5-7,10H,8-9H2,1-4H3. The first-order valence-electron chi connectivity index (χ1n) is 5.50. The lowest BCUT2D eigenvalue weighted by Gasteiger charge is -2.25. The summed E-state index contributed by atoms with van der Waals surface area (Å²) >= 11 is 0. The van der Waals surface area contributed by atoms with E-state index >= 15 is 0 Å². The molecule has 1 rings (SSSR count). The van der Waals surface area contributed by atoms with Gasteiger partial charge in [0.05, 0.1) is 5.69 Å². The van der Waals surface area contributed by atoms with E-state index in [0.29, 0.717) is 0 Å². The summed E-state index contributed by atoms with van der Waals surface area (Å²) in [5.74, 6) is 0. The SMILES string of the molecule is Cc1cccc(CN(C)CC(C)(C)C=O)n1. The molecule has 1 aromatic rings. The van der Waals surface area contributed by atoms with Crippen LogP contribution in [0.4, 0.5) is 0 Å². The number of carbonyl (C=O) groups excluding carboxylic acids is 1. The van der Waals surface area contributed by atoms with Crippen LogP contribution in [0.2, 0.25) is 0 Å². The van der Waals surface area contributed by atoms with E-state index in [2.05, 4.69) is 9.88 Å². The summed E-state index contributed by atoms with van der Waals surface area (Å²) in [7, 11) is 2.01. The molecule has 3 nitrogen and oxygen atoms in total. The molecule has 0 N–H and O–H groups in total. The minimum Gasteiger partial charge on any atom is -0.303 e. The van der Waals surface area contributed by atoms with Gasteiger partial charge < -0.3 is 4.79 Å². The first-order chi connectivity index (χ1) is 7.43. The van der Waals surface area contributed by atoms with Gasteiger partial charge in [0.1, 0.15) is 6.29 Å². The van der Waals surface area contributed by atoms with Crippen LogP contribution >= 0.6 is 0 Å². The van der Waals surface area contributed by atoms with Gasteiger partial charge in [0.15, 0.2) is 0 Å². The zero-order valence-electron chi connectivity index (χ0n) is 10.5. The van der Waals surface area contributed by atoms with Crippen LogP contribution < -0.4 is 0 Å². The van der Waals surface area contributed by atoms with Crippen molar-refractivity contribution >= 4 is 6.29 Å². The highest BCUT2D eigenvalue weighted by atomic mass is 16.1. The second-order valence-electron chi connectivity index (χ2n) is 5.05. The fraction of sp³-hybridized carbons (Fsp3) is 0.538. The Morgan fingerprint density at radius 1 is 1.44 bits per heavy atom. The van der Waals surface area contributed by atoms with Crippen molar-refractivity contribution < 1.29 is 4.79 Å². The topological polar surface area (TPSA) is 33.2 Å². The second kappa shape index (κ2) is 5.21. The summed E-state index contributed by atoms with van der Waals surface area (Å²) in [5.41, 5.74) is 1.78. The smallest absolute Gasteiger partial charge is 0.126 e. The van der Waals surface area contributed by atoms with Crippen molar-refractivity contribution in [1.29, 1.82) is 0 Å². The van der Waals surface area contributed by atoms with Gasteiger partial charge in [-0.15, -0.1) is 0 Å². The number of rotatable bonds is 5. The normalized spacial score (nSPS) is 11.8. The van der Waals surface area contributed by atoms with E-state index in [4.69, 9.17) is 0 Å². The predicted octanol–water partition coefficient (Wildman–Crippen LogP) is 2.05. The molecule has 0 aliphatic heterocycles. The zero-order chi connectivity index (χ0) is 12.2. The summed E-state index contributed by atoms with van der Waals surface area (Å²) in [5, 5.41) is 0. The molecule has 0 aliphatic carbocycles. The van der Waals surface area contributed by atoms with Crippen LogP contribution in [0.1, 0.15) is 25.2 Å². The van der Waals surface area contributed by atoms with Gasteiger partial charge in [-0.3, -0.25) is 9.88 Å². The number of aryl methyl sites for hydroxylation is 1. The third-order valence-corrected chi connectivity index (χ3v) is 2.37. The monoisotopic (exact) mass is 220 g/mol. The van der Waals surface area contributed by atoms with Crippen LogP contribution in [-0.2, 0) is 11.3 Å². The molecule has 88 valence electrons. The molecule has 0 radical (unpaired) electrons. The van der Waals surface area contributed by atoms with E-state index < -0.39 is 0 Å². The Balaban J connectivity index is 2.58. The molecule has 0 bridgehead atoms. The van der Waals surface area contributed by atoms with E-state index in [0.717, 1.165) is 30.8 Å². The van der Waals surface area contributed by atoms with E-state index in [9.17, 15) is 4.79 Å². The third-order valence-electron chi connectivity index (χ3n) is 2.37. The highest BCUT2D eigenvalue weighted by molar-refractivity contribution is 5.58. The van der Waals surface area contributed by atoms with E-state index in [1.165, 1.54) is 0 Å². The van der Waals surface area contributed by atoms with E-state index in [1.807, 2.05) is 46.0 Å². The lowest BCUT2D eigenvalue weighted by Crippen LogP contribution is -2.32. The Labute approximate surface area is 97.5 Å². The van der Waals surface area contributed by atoms with Crippen LogP contribution in [0, 0.1) is 12.3 Å². The fourth-order valence-electron chi connectivity index (χ4n) is 1.75. The van der Waals surface area contributed by atoms with Gasteiger partial charge in [0.25, 0.3) is 0 Å². The van der Waals surface area contributed by atoms with Crippen molar-refractivity contribution in [2.24, 2.45) is 5.41 Å². The molecule has 1 heterocycles. The zero-order valence-corrected chi connectivity index (χ0v) is 10.5. The van der Waals surface area contributed by atoms with Gasteiger partial charge in [-0.2, -0.15) is 0 Å². The van der Waals surface area contributed by atoms with Crippen LogP contribution in [-0.4, -0.2) is 29.8 Å². The summed E-state index contributed by atoms with van der Waals surface area (Å²) in [6.45, 7) is 7.39. The maximum atomic E-state index is 10.8. The first-order valence-corrected chi connectivity index (χ1v) is 5.50. The van der Waals surface area contributed by atoms with Gasteiger partial charge >= 0.3 is 0 Å². The molecule has 0 saturated carbocycles.